The Labute approximate surface area is 90.3 Å². The van der Waals surface area contributed by atoms with Crippen LogP contribution in [0.25, 0.3) is 0 Å². The Morgan fingerprint density at radius 2 is 1.93 bits per heavy atom. The molecule has 0 radical (unpaired) electrons. The van der Waals surface area contributed by atoms with E-state index in [1.165, 1.54) is 19.3 Å². The minimum absolute atomic E-state index is 0.656. The number of piperidine rings is 1. The average molecular weight is 207 g/mol. The van der Waals surface area contributed by atoms with Gasteiger partial charge >= 0.3 is 0 Å². The fourth-order valence-corrected chi connectivity index (χ4v) is 1.86. The number of hydrogen-bond acceptors (Lipinski definition) is 4. The monoisotopic (exact) mass is 207 g/mol. The van der Waals surface area contributed by atoms with Crippen molar-refractivity contribution >= 4 is 5.95 Å². The van der Waals surface area contributed by atoms with Crippen LogP contribution in [0.15, 0.2) is 6.07 Å². The molecule has 0 aromatic carbocycles. The summed E-state index contributed by atoms with van der Waals surface area (Å²) in [5.74, 6) is 1.47. The average Bonchev–Trinajstić information content (AvgIpc) is 2.29. The Kier molecular flexibility index (Phi) is 3.04. The highest BCUT2D eigenvalue weighted by Gasteiger charge is 2.14. The second-order valence-corrected chi connectivity index (χ2v) is 3.90. The van der Waals surface area contributed by atoms with Gasteiger partial charge in [0, 0.05) is 24.8 Å². The second-order valence-electron chi connectivity index (χ2n) is 3.90. The van der Waals surface area contributed by atoms with E-state index >= 15 is 0 Å². The number of hydrogen-bond donors (Lipinski definition) is 0. The van der Waals surface area contributed by atoms with Crippen LogP contribution in [0.1, 0.15) is 25.0 Å². The Morgan fingerprint density at radius 3 is 2.60 bits per heavy atom. The number of methoxy groups -OCH3 is 1. The molecule has 0 bridgehead atoms. The van der Waals surface area contributed by atoms with Gasteiger partial charge in [-0.3, -0.25) is 0 Å². The molecule has 0 N–H and O–H groups in total. The van der Waals surface area contributed by atoms with Crippen LogP contribution in [0.5, 0.6) is 5.88 Å². The molecule has 0 unspecified atom stereocenters. The van der Waals surface area contributed by atoms with E-state index in [2.05, 4.69) is 14.9 Å². The highest BCUT2D eigenvalue weighted by Crippen LogP contribution is 2.18. The third-order valence-electron chi connectivity index (χ3n) is 2.67. The Balaban J connectivity index is 2.22. The summed E-state index contributed by atoms with van der Waals surface area (Å²) < 4.78 is 5.15. The lowest BCUT2D eigenvalue weighted by Gasteiger charge is -2.26. The summed E-state index contributed by atoms with van der Waals surface area (Å²) >= 11 is 0. The molecule has 1 saturated heterocycles. The fraction of sp³-hybridized carbons (Fsp3) is 0.636. The maximum atomic E-state index is 5.15. The lowest BCUT2D eigenvalue weighted by molar-refractivity contribution is 0.395. The molecule has 1 aromatic rings. The van der Waals surface area contributed by atoms with Gasteiger partial charge < -0.3 is 9.64 Å². The number of rotatable bonds is 2. The first-order valence-electron chi connectivity index (χ1n) is 5.44. The van der Waals surface area contributed by atoms with Crippen LogP contribution in [0.3, 0.4) is 0 Å². The molecule has 1 fully saturated rings. The fourth-order valence-electron chi connectivity index (χ4n) is 1.86. The predicted molar refractivity (Wildman–Crippen MR) is 59.4 cm³/mol. The quantitative estimate of drug-likeness (QED) is 0.741. The van der Waals surface area contributed by atoms with Gasteiger partial charge in [-0.15, -0.1) is 0 Å². The maximum Gasteiger partial charge on any atom is 0.228 e. The van der Waals surface area contributed by atoms with Crippen molar-refractivity contribution in [2.45, 2.75) is 26.2 Å². The van der Waals surface area contributed by atoms with E-state index in [1.807, 2.05) is 13.0 Å². The second kappa shape index (κ2) is 4.47. The number of anilines is 1. The van der Waals surface area contributed by atoms with Gasteiger partial charge in [0.05, 0.1) is 7.11 Å². The zero-order valence-electron chi connectivity index (χ0n) is 9.36. The first kappa shape index (κ1) is 10.2. The van der Waals surface area contributed by atoms with E-state index in [-0.39, 0.29) is 0 Å². The molecule has 1 aromatic heterocycles. The van der Waals surface area contributed by atoms with Crippen molar-refractivity contribution < 1.29 is 4.74 Å². The van der Waals surface area contributed by atoms with Crippen LogP contribution in [-0.2, 0) is 0 Å². The molecule has 4 nitrogen and oxygen atoms in total. The van der Waals surface area contributed by atoms with Gasteiger partial charge in [-0.25, -0.2) is 4.98 Å². The first-order valence-corrected chi connectivity index (χ1v) is 5.44. The highest BCUT2D eigenvalue weighted by atomic mass is 16.5. The van der Waals surface area contributed by atoms with Crippen molar-refractivity contribution in [1.82, 2.24) is 9.97 Å². The summed E-state index contributed by atoms with van der Waals surface area (Å²) in [5.41, 5.74) is 0.961. The highest BCUT2D eigenvalue weighted by molar-refractivity contribution is 5.34. The van der Waals surface area contributed by atoms with Gasteiger partial charge in [0.1, 0.15) is 0 Å². The van der Waals surface area contributed by atoms with Gasteiger partial charge in [-0.05, 0) is 26.2 Å². The van der Waals surface area contributed by atoms with E-state index < -0.39 is 0 Å². The van der Waals surface area contributed by atoms with Gasteiger partial charge in [0.25, 0.3) is 0 Å². The molecule has 0 spiro atoms. The summed E-state index contributed by atoms with van der Waals surface area (Å²) in [5, 5.41) is 0. The third kappa shape index (κ3) is 2.37. The largest absolute Gasteiger partial charge is 0.481 e. The number of aryl methyl sites for hydroxylation is 1. The Morgan fingerprint density at radius 1 is 1.20 bits per heavy atom. The van der Waals surface area contributed by atoms with Gasteiger partial charge in [-0.1, -0.05) is 0 Å². The molecule has 0 aliphatic carbocycles. The maximum absolute atomic E-state index is 5.15. The third-order valence-corrected chi connectivity index (χ3v) is 2.67. The lowest BCUT2D eigenvalue weighted by Crippen LogP contribution is -2.31. The molecule has 2 heterocycles. The van der Waals surface area contributed by atoms with E-state index in [4.69, 9.17) is 4.74 Å². The van der Waals surface area contributed by atoms with E-state index in [1.54, 1.807) is 7.11 Å². The van der Waals surface area contributed by atoms with E-state index in [9.17, 15) is 0 Å². The number of aromatic nitrogens is 2. The van der Waals surface area contributed by atoms with E-state index in [0.717, 1.165) is 24.7 Å². The molecule has 4 heteroatoms. The summed E-state index contributed by atoms with van der Waals surface area (Å²) in [6.07, 6.45) is 3.79. The molecule has 0 atom stereocenters. The van der Waals surface area contributed by atoms with Crippen LogP contribution in [-0.4, -0.2) is 30.2 Å². The molecule has 0 saturated carbocycles. The molecule has 2 rings (SSSR count). The van der Waals surface area contributed by atoms with Crippen LogP contribution in [0.4, 0.5) is 5.95 Å². The molecule has 1 aliphatic heterocycles. The zero-order chi connectivity index (χ0) is 10.7. The topological polar surface area (TPSA) is 38.2 Å². The van der Waals surface area contributed by atoms with Crippen LogP contribution in [0.2, 0.25) is 0 Å². The molecule has 1 aliphatic rings. The van der Waals surface area contributed by atoms with Crippen molar-refractivity contribution in [3.63, 3.8) is 0 Å². The van der Waals surface area contributed by atoms with Crippen molar-refractivity contribution in [2.24, 2.45) is 0 Å². The number of ether oxygens (including phenoxy) is 1. The van der Waals surface area contributed by atoms with Gasteiger partial charge in [-0.2, -0.15) is 4.98 Å². The molecule has 15 heavy (non-hydrogen) atoms. The Bertz CT molecular complexity index is 335. The van der Waals surface area contributed by atoms with Crippen molar-refractivity contribution in [1.29, 1.82) is 0 Å². The normalized spacial score (nSPS) is 16.5. The summed E-state index contributed by atoms with van der Waals surface area (Å²) in [7, 11) is 1.64. The van der Waals surface area contributed by atoms with Crippen molar-refractivity contribution in [3.8, 4) is 5.88 Å². The lowest BCUT2D eigenvalue weighted by atomic mass is 10.1. The smallest absolute Gasteiger partial charge is 0.228 e. The summed E-state index contributed by atoms with van der Waals surface area (Å²) in [4.78, 5) is 11.0. The standard InChI is InChI=1S/C11H17N3O/c1-9-8-10(15-2)13-11(12-9)14-6-4-3-5-7-14/h8H,3-7H2,1-2H3. The van der Waals surface area contributed by atoms with Crippen LogP contribution in [0, 0.1) is 6.92 Å². The summed E-state index contributed by atoms with van der Waals surface area (Å²) in [6, 6.07) is 1.85. The van der Waals surface area contributed by atoms with Gasteiger partial charge in [0.15, 0.2) is 0 Å². The predicted octanol–water partition coefficient (Wildman–Crippen LogP) is 1.78. The minimum Gasteiger partial charge on any atom is -0.481 e. The molecule has 0 amide bonds. The number of nitrogens with zero attached hydrogens (tertiary/aromatic N) is 3. The SMILES string of the molecule is COc1cc(C)nc(N2CCCCC2)n1. The zero-order valence-corrected chi connectivity index (χ0v) is 9.36. The van der Waals surface area contributed by atoms with Crippen molar-refractivity contribution in [2.75, 3.05) is 25.1 Å². The molecular weight excluding hydrogens is 190 g/mol. The minimum atomic E-state index is 0.656. The van der Waals surface area contributed by atoms with Crippen LogP contribution < -0.4 is 9.64 Å². The van der Waals surface area contributed by atoms with Crippen LogP contribution >= 0.6 is 0 Å². The Hall–Kier alpha value is -1.32. The first-order chi connectivity index (χ1) is 7.29. The van der Waals surface area contributed by atoms with E-state index in [0.29, 0.717) is 5.88 Å². The van der Waals surface area contributed by atoms with Crippen molar-refractivity contribution in [3.05, 3.63) is 11.8 Å². The summed E-state index contributed by atoms with van der Waals surface area (Å²) in [6.45, 7) is 4.09. The molecule has 82 valence electrons. The molecular formula is C11H17N3O. The van der Waals surface area contributed by atoms with Gasteiger partial charge in [0.2, 0.25) is 11.8 Å².